The summed E-state index contributed by atoms with van der Waals surface area (Å²) in [6, 6.07) is 9.80. The van der Waals surface area contributed by atoms with Crippen molar-refractivity contribution >= 4 is 17.8 Å². The number of hydrogen-bond donors (Lipinski definition) is 1. The summed E-state index contributed by atoms with van der Waals surface area (Å²) in [5.41, 5.74) is 0.475. The molecule has 3 heterocycles. The van der Waals surface area contributed by atoms with Crippen molar-refractivity contribution in [2.75, 3.05) is 26.2 Å². The summed E-state index contributed by atoms with van der Waals surface area (Å²) in [5, 5.41) is 3.02. The van der Waals surface area contributed by atoms with Crippen LogP contribution < -0.4 is 5.32 Å². The highest BCUT2D eigenvalue weighted by atomic mass is 16.2. The summed E-state index contributed by atoms with van der Waals surface area (Å²) in [4.78, 5) is 44.2. The van der Waals surface area contributed by atoms with E-state index >= 15 is 0 Å². The van der Waals surface area contributed by atoms with Gasteiger partial charge >= 0.3 is 6.03 Å². The molecule has 0 bridgehead atoms. The van der Waals surface area contributed by atoms with Crippen LogP contribution in [0.15, 0.2) is 30.3 Å². The number of carbonyl (C=O) groups is 3. The number of likely N-dealkylation sites (tertiary alicyclic amines) is 2. The summed E-state index contributed by atoms with van der Waals surface area (Å²) < 4.78 is 0. The predicted molar refractivity (Wildman–Crippen MR) is 114 cm³/mol. The Hall–Kier alpha value is -2.41. The smallest absolute Gasteiger partial charge is 0.325 e. The number of nitrogens with zero attached hydrogens (tertiary/aromatic N) is 3. The van der Waals surface area contributed by atoms with E-state index in [1.165, 1.54) is 10.5 Å². The Morgan fingerprint density at radius 3 is 2.50 bits per heavy atom. The van der Waals surface area contributed by atoms with Gasteiger partial charge < -0.3 is 10.2 Å². The molecule has 3 saturated heterocycles. The van der Waals surface area contributed by atoms with Crippen molar-refractivity contribution < 1.29 is 14.4 Å². The van der Waals surface area contributed by atoms with Crippen LogP contribution in [0.4, 0.5) is 4.79 Å². The van der Waals surface area contributed by atoms with Gasteiger partial charge in [0.15, 0.2) is 0 Å². The largest absolute Gasteiger partial charge is 0.340 e. The molecule has 0 unspecified atom stereocenters. The molecule has 7 heteroatoms. The van der Waals surface area contributed by atoms with Crippen LogP contribution in [0.1, 0.15) is 45.1 Å². The van der Waals surface area contributed by atoms with Crippen LogP contribution in [0.5, 0.6) is 0 Å². The van der Waals surface area contributed by atoms with Crippen LogP contribution in [0, 0.1) is 5.92 Å². The molecule has 0 saturated carbocycles. The van der Waals surface area contributed by atoms with Crippen LogP contribution in [0.25, 0.3) is 0 Å². The standard InChI is InChI=1S/C23H32N4O3/c1-17(2)20(28)26-12-6-9-19(16-26)27-21(29)23(24-22(27)30)10-13-25(14-11-23)15-18-7-4-3-5-8-18/h3-5,7-8,17,19H,6,9-16H2,1-2H3,(H,24,30)/t19-/m1/s1. The van der Waals surface area contributed by atoms with Gasteiger partial charge in [-0.25, -0.2) is 4.79 Å². The first-order valence-electron chi connectivity index (χ1n) is 11.1. The van der Waals surface area contributed by atoms with Crippen molar-refractivity contribution in [1.82, 2.24) is 20.0 Å². The number of benzene rings is 1. The van der Waals surface area contributed by atoms with E-state index in [2.05, 4.69) is 22.3 Å². The summed E-state index contributed by atoms with van der Waals surface area (Å²) in [6.45, 7) is 7.34. The molecule has 7 nitrogen and oxygen atoms in total. The Kier molecular flexibility index (Phi) is 5.82. The van der Waals surface area contributed by atoms with Gasteiger partial charge in [-0.2, -0.15) is 0 Å². The zero-order valence-corrected chi connectivity index (χ0v) is 18.0. The maximum atomic E-state index is 13.4. The fourth-order valence-corrected chi connectivity index (χ4v) is 4.98. The molecule has 0 radical (unpaired) electrons. The number of amides is 4. The molecule has 0 aliphatic carbocycles. The SMILES string of the molecule is CC(C)C(=O)N1CCC[C@@H](N2C(=O)NC3(CCN(Cc4ccccc4)CC3)C2=O)C1. The monoisotopic (exact) mass is 412 g/mol. The lowest BCUT2D eigenvalue weighted by atomic mass is 9.87. The lowest BCUT2D eigenvalue weighted by Gasteiger charge is -2.39. The van der Waals surface area contributed by atoms with Gasteiger partial charge in [0.2, 0.25) is 5.91 Å². The van der Waals surface area contributed by atoms with Crippen molar-refractivity contribution in [3.8, 4) is 0 Å². The summed E-state index contributed by atoms with van der Waals surface area (Å²) in [5.74, 6) is -0.0847. The minimum atomic E-state index is -0.783. The highest BCUT2D eigenvalue weighted by Crippen LogP contribution is 2.33. The molecule has 3 aliphatic rings. The first-order chi connectivity index (χ1) is 14.4. The Bertz CT molecular complexity index is 802. The summed E-state index contributed by atoms with van der Waals surface area (Å²) in [7, 11) is 0. The topological polar surface area (TPSA) is 73.0 Å². The van der Waals surface area contributed by atoms with E-state index in [4.69, 9.17) is 0 Å². The maximum Gasteiger partial charge on any atom is 0.325 e. The molecule has 4 rings (SSSR count). The molecule has 4 amide bonds. The van der Waals surface area contributed by atoms with E-state index in [9.17, 15) is 14.4 Å². The number of imide groups is 1. The van der Waals surface area contributed by atoms with Crippen molar-refractivity contribution in [3.63, 3.8) is 0 Å². The molecule has 1 N–H and O–H groups in total. The third-order valence-corrected chi connectivity index (χ3v) is 6.72. The van der Waals surface area contributed by atoms with Gasteiger partial charge in [-0.15, -0.1) is 0 Å². The second kappa shape index (κ2) is 8.38. The van der Waals surface area contributed by atoms with E-state index in [1.807, 2.05) is 36.9 Å². The van der Waals surface area contributed by atoms with Gasteiger partial charge in [0, 0.05) is 38.6 Å². The number of nitrogens with one attached hydrogen (secondary N) is 1. The first kappa shape index (κ1) is 20.8. The number of piperidine rings is 2. The van der Waals surface area contributed by atoms with E-state index < -0.39 is 5.54 Å². The van der Waals surface area contributed by atoms with Crippen LogP contribution >= 0.6 is 0 Å². The van der Waals surface area contributed by atoms with E-state index in [0.717, 1.165) is 32.5 Å². The quantitative estimate of drug-likeness (QED) is 0.770. The minimum Gasteiger partial charge on any atom is -0.340 e. The highest BCUT2D eigenvalue weighted by Gasteiger charge is 2.54. The van der Waals surface area contributed by atoms with Gasteiger partial charge in [-0.3, -0.25) is 19.4 Å². The second-order valence-electron chi connectivity index (χ2n) is 9.18. The van der Waals surface area contributed by atoms with Crippen molar-refractivity contribution in [3.05, 3.63) is 35.9 Å². The molecule has 1 aromatic rings. The lowest BCUT2D eigenvalue weighted by Crippen LogP contribution is -2.56. The molecular formula is C23H32N4O3. The molecule has 162 valence electrons. The van der Waals surface area contributed by atoms with Crippen molar-refractivity contribution in [1.29, 1.82) is 0 Å². The molecule has 1 aromatic carbocycles. The van der Waals surface area contributed by atoms with Crippen LogP contribution in [-0.4, -0.2) is 70.3 Å². The Labute approximate surface area is 178 Å². The van der Waals surface area contributed by atoms with Gasteiger partial charge in [0.25, 0.3) is 5.91 Å². The lowest BCUT2D eigenvalue weighted by molar-refractivity contribution is -0.140. The van der Waals surface area contributed by atoms with Crippen LogP contribution in [0.3, 0.4) is 0 Å². The second-order valence-corrected chi connectivity index (χ2v) is 9.18. The predicted octanol–water partition coefficient (Wildman–Crippen LogP) is 2.22. The Morgan fingerprint density at radius 2 is 1.83 bits per heavy atom. The normalized spacial score (nSPS) is 24.6. The van der Waals surface area contributed by atoms with Crippen molar-refractivity contribution in [2.45, 2.75) is 57.7 Å². The number of hydrogen-bond acceptors (Lipinski definition) is 4. The summed E-state index contributed by atoms with van der Waals surface area (Å²) >= 11 is 0. The molecular weight excluding hydrogens is 380 g/mol. The third kappa shape index (κ3) is 3.95. The number of urea groups is 1. The highest BCUT2D eigenvalue weighted by molar-refractivity contribution is 6.07. The number of carbonyl (C=O) groups excluding carboxylic acids is 3. The fraction of sp³-hybridized carbons (Fsp3) is 0.609. The van der Waals surface area contributed by atoms with E-state index in [0.29, 0.717) is 25.9 Å². The molecule has 30 heavy (non-hydrogen) atoms. The zero-order chi connectivity index (χ0) is 21.3. The number of rotatable bonds is 4. The average molecular weight is 413 g/mol. The summed E-state index contributed by atoms with van der Waals surface area (Å²) in [6.07, 6.45) is 2.83. The van der Waals surface area contributed by atoms with Gasteiger partial charge in [0.1, 0.15) is 5.54 Å². The van der Waals surface area contributed by atoms with Crippen molar-refractivity contribution in [2.24, 2.45) is 5.92 Å². The minimum absolute atomic E-state index is 0.0767. The third-order valence-electron chi connectivity index (χ3n) is 6.72. The van der Waals surface area contributed by atoms with Crippen LogP contribution in [0.2, 0.25) is 0 Å². The zero-order valence-electron chi connectivity index (χ0n) is 18.0. The van der Waals surface area contributed by atoms with E-state index in [-0.39, 0.29) is 29.8 Å². The Morgan fingerprint density at radius 1 is 1.13 bits per heavy atom. The van der Waals surface area contributed by atoms with Gasteiger partial charge in [0.05, 0.1) is 6.04 Å². The van der Waals surface area contributed by atoms with Crippen LogP contribution in [-0.2, 0) is 16.1 Å². The fourth-order valence-electron chi connectivity index (χ4n) is 4.98. The molecule has 3 fully saturated rings. The Balaban J connectivity index is 1.40. The van der Waals surface area contributed by atoms with Gasteiger partial charge in [-0.1, -0.05) is 44.2 Å². The van der Waals surface area contributed by atoms with E-state index in [1.54, 1.807) is 0 Å². The molecule has 1 atom stereocenters. The molecule has 3 aliphatic heterocycles. The maximum absolute atomic E-state index is 13.4. The average Bonchev–Trinajstić information content (AvgIpc) is 2.99. The molecule has 0 aromatic heterocycles. The first-order valence-corrected chi connectivity index (χ1v) is 11.1. The van der Waals surface area contributed by atoms with Gasteiger partial charge in [-0.05, 0) is 31.2 Å². The molecule has 1 spiro atoms.